The molecule has 0 spiro atoms. The fourth-order valence-corrected chi connectivity index (χ4v) is 4.46. The zero-order chi connectivity index (χ0) is 18.1. The van der Waals surface area contributed by atoms with Gasteiger partial charge in [0.15, 0.2) is 0 Å². The number of aromatic nitrogens is 3. The zero-order valence-corrected chi connectivity index (χ0v) is 15.2. The van der Waals surface area contributed by atoms with Gasteiger partial charge in [0.1, 0.15) is 5.03 Å². The molecule has 3 nitrogen and oxygen atoms in total. The van der Waals surface area contributed by atoms with Crippen molar-refractivity contribution in [2.75, 3.05) is 0 Å². The van der Waals surface area contributed by atoms with Gasteiger partial charge in [-0.2, -0.15) is 0 Å². The van der Waals surface area contributed by atoms with Gasteiger partial charge in [0.25, 0.3) is 0 Å². The van der Waals surface area contributed by atoms with E-state index < -0.39 is 0 Å². The summed E-state index contributed by atoms with van der Waals surface area (Å²) in [7, 11) is 0. The Morgan fingerprint density at radius 2 is 1.33 bits per heavy atom. The van der Waals surface area contributed by atoms with E-state index >= 15 is 0 Å². The number of fused-ring (bicyclic) bond motifs is 2. The fraction of sp³-hybridized carbons (Fsp3) is 0. The molecule has 0 atom stereocenters. The maximum atomic E-state index is 4.45. The molecule has 4 heteroatoms. The molecule has 0 radical (unpaired) electrons. The van der Waals surface area contributed by atoms with Gasteiger partial charge in [0.2, 0.25) is 0 Å². The highest BCUT2D eigenvalue weighted by molar-refractivity contribution is 7.99. The molecule has 0 N–H and O–H groups in total. The number of benzene rings is 3. The highest BCUT2D eigenvalue weighted by atomic mass is 32.2. The summed E-state index contributed by atoms with van der Waals surface area (Å²) < 4.78 is 0. The molecule has 0 unspecified atom stereocenters. The normalized spacial score (nSPS) is 11.1. The smallest absolute Gasteiger partial charge is 0.119 e. The van der Waals surface area contributed by atoms with Gasteiger partial charge in [-0.15, -0.1) is 0 Å². The first-order valence-electron chi connectivity index (χ1n) is 8.69. The van der Waals surface area contributed by atoms with Gasteiger partial charge in [-0.25, -0.2) is 4.98 Å². The van der Waals surface area contributed by atoms with Crippen LogP contribution in [0.2, 0.25) is 0 Å². The quantitative estimate of drug-likeness (QED) is 0.368. The van der Waals surface area contributed by atoms with E-state index in [2.05, 4.69) is 69.5 Å². The summed E-state index contributed by atoms with van der Waals surface area (Å²) in [5.41, 5.74) is 2.42. The Morgan fingerprint density at radius 1 is 0.593 bits per heavy atom. The van der Waals surface area contributed by atoms with Crippen molar-refractivity contribution >= 4 is 33.3 Å². The largest absolute Gasteiger partial charge is 0.264 e. The van der Waals surface area contributed by atoms with Gasteiger partial charge in [0, 0.05) is 35.1 Å². The minimum Gasteiger partial charge on any atom is -0.264 e. The SMILES string of the molecule is c1ccc(-c2c3ccccc3c(Sc3cnccn3)c3ccncc23)cc1. The molecule has 27 heavy (non-hydrogen) atoms. The summed E-state index contributed by atoms with van der Waals surface area (Å²) >= 11 is 1.65. The van der Waals surface area contributed by atoms with Crippen molar-refractivity contribution in [1.29, 1.82) is 0 Å². The predicted octanol–water partition coefficient (Wildman–Crippen LogP) is 6.00. The molecule has 0 aliphatic rings. The van der Waals surface area contributed by atoms with Gasteiger partial charge in [-0.1, -0.05) is 66.4 Å². The maximum absolute atomic E-state index is 4.45. The van der Waals surface area contributed by atoms with Crippen LogP contribution in [-0.4, -0.2) is 15.0 Å². The molecule has 0 aliphatic heterocycles. The average molecular weight is 365 g/mol. The first-order chi connectivity index (χ1) is 13.4. The van der Waals surface area contributed by atoms with E-state index in [9.17, 15) is 0 Å². The average Bonchev–Trinajstić information content (AvgIpc) is 2.75. The molecular weight excluding hydrogens is 350 g/mol. The molecule has 5 rings (SSSR count). The monoisotopic (exact) mass is 365 g/mol. The lowest BCUT2D eigenvalue weighted by Crippen LogP contribution is -1.90. The molecule has 3 aromatic carbocycles. The Labute approximate surface area is 161 Å². The summed E-state index contributed by atoms with van der Waals surface area (Å²) in [6, 6.07) is 21.2. The van der Waals surface area contributed by atoms with Crippen molar-refractivity contribution in [3.05, 3.63) is 91.6 Å². The number of nitrogens with zero attached hydrogens (tertiary/aromatic N) is 3. The van der Waals surface area contributed by atoms with Crippen LogP contribution in [0.5, 0.6) is 0 Å². The van der Waals surface area contributed by atoms with Crippen LogP contribution in [0.3, 0.4) is 0 Å². The Bertz CT molecular complexity index is 1180. The lowest BCUT2D eigenvalue weighted by molar-refractivity contribution is 1.06. The molecule has 0 amide bonds. The third-order valence-corrected chi connectivity index (χ3v) is 5.65. The second kappa shape index (κ2) is 6.82. The van der Waals surface area contributed by atoms with E-state index in [1.165, 1.54) is 32.2 Å². The molecule has 2 aromatic heterocycles. The molecule has 0 saturated heterocycles. The Hall–Kier alpha value is -3.24. The fourth-order valence-electron chi connectivity index (χ4n) is 3.45. The third kappa shape index (κ3) is 2.84. The molecule has 2 heterocycles. The number of hydrogen-bond donors (Lipinski definition) is 0. The van der Waals surface area contributed by atoms with Gasteiger partial charge in [-0.3, -0.25) is 9.97 Å². The van der Waals surface area contributed by atoms with E-state index in [1.807, 2.05) is 18.5 Å². The first kappa shape index (κ1) is 16.0. The molecule has 0 bridgehead atoms. The summed E-state index contributed by atoms with van der Waals surface area (Å²) in [5.74, 6) is 0. The Morgan fingerprint density at radius 3 is 2.15 bits per heavy atom. The van der Waals surface area contributed by atoms with Crippen LogP contribution in [0, 0.1) is 0 Å². The van der Waals surface area contributed by atoms with Crippen LogP contribution in [0.4, 0.5) is 0 Å². The second-order valence-electron chi connectivity index (χ2n) is 6.18. The second-order valence-corrected chi connectivity index (χ2v) is 7.21. The first-order valence-corrected chi connectivity index (χ1v) is 9.51. The van der Waals surface area contributed by atoms with Crippen LogP contribution in [0.25, 0.3) is 32.7 Å². The maximum Gasteiger partial charge on any atom is 0.119 e. The number of hydrogen-bond acceptors (Lipinski definition) is 4. The predicted molar refractivity (Wildman–Crippen MR) is 111 cm³/mol. The van der Waals surface area contributed by atoms with Crippen molar-refractivity contribution in [2.24, 2.45) is 0 Å². The van der Waals surface area contributed by atoms with Crippen molar-refractivity contribution in [1.82, 2.24) is 15.0 Å². The van der Waals surface area contributed by atoms with E-state index in [-0.39, 0.29) is 0 Å². The summed E-state index contributed by atoms with van der Waals surface area (Å²) in [6.07, 6.45) is 9.05. The van der Waals surface area contributed by atoms with Crippen LogP contribution < -0.4 is 0 Å². The van der Waals surface area contributed by atoms with E-state index in [0.29, 0.717) is 0 Å². The topological polar surface area (TPSA) is 38.7 Å². The number of pyridine rings is 1. The van der Waals surface area contributed by atoms with Crippen LogP contribution >= 0.6 is 11.8 Å². The minimum absolute atomic E-state index is 0.883. The van der Waals surface area contributed by atoms with Crippen LogP contribution in [-0.2, 0) is 0 Å². The summed E-state index contributed by atoms with van der Waals surface area (Å²) in [4.78, 5) is 14.3. The molecule has 128 valence electrons. The van der Waals surface area contributed by atoms with Crippen molar-refractivity contribution in [3.63, 3.8) is 0 Å². The van der Waals surface area contributed by atoms with Gasteiger partial charge < -0.3 is 0 Å². The molecule has 0 saturated carbocycles. The lowest BCUT2D eigenvalue weighted by Gasteiger charge is -2.16. The summed E-state index contributed by atoms with van der Waals surface area (Å²) in [5, 5.41) is 5.64. The van der Waals surface area contributed by atoms with Crippen molar-refractivity contribution in [2.45, 2.75) is 9.92 Å². The molecular formula is C23H15N3S. The summed E-state index contributed by atoms with van der Waals surface area (Å²) in [6.45, 7) is 0. The lowest BCUT2D eigenvalue weighted by atomic mass is 9.93. The molecule has 5 aromatic rings. The van der Waals surface area contributed by atoms with Gasteiger partial charge in [-0.05, 0) is 33.4 Å². The highest BCUT2D eigenvalue weighted by Gasteiger charge is 2.16. The van der Waals surface area contributed by atoms with E-state index in [4.69, 9.17) is 0 Å². The Balaban J connectivity index is 1.89. The highest BCUT2D eigenvalue weighted by Crippen LogP contribution is 2.44. The number of rotatable bonds is 3. The van der Waals surface area contributed by atoms with E-state index in [1.54, 1.807) is 30.4 Å². The standard InChI is InChI=1S/C23H15N3S/c1-2-6-16(7-3-1)22-17-8-4-5-9-18(17)23(19-10-11-24-14-20(19)22)27-21-15-25-12-13-26-21/h1-15H. The minimum atomic E-state index is 0.883. The third-order valence-electron chi connectivity index (χ3n) is 4.58. The van der Waals surface area contributed by atoms with Gasteiger partial charge >= 0.3 is 0 Å². The van der Waals surface area contributed by atoms with Crippen LogP contribution in [0.15, 0.2) is 102 Å². The van der Waals surface area contributed by atoms with E-state index in [0.717, 1.165) is 10.4 Å². The van der Waals surface area contributed by atoms with Crippen LogP contribution in [0.1, 0.15) is 0 Å². The molecule has 0 fully saturated rings. The van der Waals surface area contributed by atoms with Crippen molar-refractivity contribution in [3.8, 4) is 11.1 Å². The zero-order valence-electron chi connectivity index (χ0n) is 14.4. The molecule has 0 aliphatic carbocycles. The Kier molecular flexibility index (Phi) is 4.03. The van der Waals surface area contributed by atoms with Crippen molar-refractivity contribution < 1.29 is 0 Å². The van der Waals surface area contributed by atoms with Gasteiger partial charge in [0.05, 0.1) is 6.20 Å².